The molecule has 0 aliphatic rings. The van der Waals surface area contributed by atoms with Crippen molar-refractivity contribution in [3.63, 3.8) is 0 Å². The quantitative estimate of drug-likeness (QED) is 0.417. The van der Waals surface area contributed by atoms with Crippen LogP contribution < -0.4 is 5.32 Å². The summed E-state index contributed by atoms with van der Waals surface area (Å²) in [5, 5.41) is 6.92. The molecule has 31 heavy (non-hydrogen) atoms. The molecule has 1 amide bonds. The molecular weight excluding hydrogens is 463 g/mol. The number of aryl methyl sites for hydroxylation is 2. The number of carbonyl (C=O) groups is 1. The van der Waals surface area contributed by atoms with E-state index in [-0.39, 0.29) is 24.2 Å². The molecule has 0 saturated heterocycles. The summed E-state index contributed by atoms with van der Waals surface area (Å²) in [6, 6.07) is 14.2. The van der Waals surface area contributed by atoms with E-state index < -0.39 is 0 Å². The summed E-state index contributed by atoms with van der Waals surface area (Å²) in [5.74, 6) is 0.121. The fraction of sp³-hybridized carbons (Fsp3) is 0.174. The summed E-state index contributed by atoms with van der Waals surface area (Å²) in [4.78, 5) is 16.9. The maximum absolute atomic E-state index is 13.5. The zero-order valence-electron chi connectivity index (χ0n) is 17.0. The van der Waals surface area contributed by atoms with Crippen LogP contribution in [0.1, 0.15) is 16.7 Å². The van der Waals surface area contributed by atoms with Crippen molar-refractivity contribution in [2.45, 2.75) is 26.9 Å². The molecule has 6 nitrogen and oxygen atoms in total. The van der Waals surface area contributed by atoms with Gasteiger partial charge in [0.1, 0.15) is 18.1 Å². The Balaban J connectivity index is 1.45. The smallest absolute Gasteiger partial charge is 0.274 e. The minimum Gasteiger partial charge on any atom is -0.350 e. The number of halogens is 2. The number of amides is 1. The van der Waals surface area contributed by atoms with Gasteiger partial charge in [0.05, 0.1) is 4.47 Å². The van der Waals surface area contributed by atoms with Gasteiger partial charge in [-0.15, -0.1) is 0 Å². The van der Waals surface area contributed by atoms with Gasteiger partial charge in [0, 0.05) is 18.3 Å². The van der Waals surface area contributed by atoms with Gasteiger partial charge in [0.25, 0.3) is 5.89 Å². The third kappa shape index (κ3) is 4.74. The number of hydrogen-bond acceptors (Lipinski definition) is 4. The molecule has 0 radical (unpaired) electrons. The second kappa shape index (κ2) is 8.85. The lowest BCUT2D eigenvalue weighted by Crippen LogP contribution is -2.27. The molecule has 158 valence electrons. The molecular formula is C23H20BrFN4O2. The molecule has 4 aromatic rings. The van der Waals surface area contributed by atoms with Crippen molar-refractivity contribution in [3.8, 4) is 23.0 Å². The lowest BCUT2D eigenvalue weighted by molar-refractivity contribution is -0.121. The van der Waals surface area contributed by atoms with Crippen molar-refractivity contribution in [1.29, 1.82) is 0 Å². The number of hydrogen-bond donors (Lipinski definition) is 1. The van der Waals surface area contributed by atoms with Gasteiger partial charge in [-0.1, -0.05) is 23.4 Å². The molecule has 0 fully saturated rings. The van der Waals surface area contributed by atoms with Crippen molar-refractivity contribution in [3.05, 3.63) is 81.7 Å². The fourth-order valence-electron chi connectivity index (χ4n) is 3.15. The molecule has 0 unspecified atom stereocenters. The zero-order valence-corrected chi connectivity index (χ0v) is 18.6. The average molecular weight is 483 g/mol. The monoisotopic (exact) mass is 482 g/mol. The van der Waals surface area contributed by atoms with Gasteiger partial charge in [-0.05, 0) is 76.8 Å². The Morgan fingerprint density at radius 2 is 2.00 bits per heavy atom. The first-order chi connectivity index (χ1) is 14.9. The predicted molar refractivity (Wildman–Crippen MR) is 119 cm³/mol. The second-order valence-corrected chi connectivity index (χ2v) is 8.12. The molecule has 0 atom stereocenters. The van der Waals surface area contributed by atoms with Crippen LogP contribution in [0.3, 0.4) is 0 Å². The van der Waals surface area contributed by atoms with Crippen molar-refractivity contribution < 1.29 is 13.7 Å². The normalized spacial score (nSPS) is 11.0. The van der Waals surface area contributed by atoms with E-state index in [0.29, 0.717) is 28.1 Å². The third-order valence-corrected chi connectivity index (χ3v) is 5.64. The maximum Gasteiger partial charge on any atom is 0.274 e. The summed E-state index contributed by atoms with van der Waals surface area (Å²) in [7, 11) is 0. The first kappa shape index (κ1) is 21.0. The largest absolute Gasteiger partial charge is 0.350 e. The van der Waals surface area contributed by atoms with Crippen molar-refractivity contribution >= 4 is 21.8 Å². The van der Waals surface area contributed by atoms with Crippen LogP contribution in [0.4, 0.5) is 4.39 Å². The average Bonchev–Trinajstić information content (AvgIpc) is 3.40. The second-order valence-electron chi connectivity index (χ2n) is 7.27. The molecule has 1 N–H and O–H groups in total. The minimum atomic E-state index is -0.367. The van der Waals surface area contributed by atoms with Crippen LogP contribution in [0, 0.1) is 19.7 Å². The van der Waals surface area contributed by atoms with Crippen molar-refractivity contribution in [2.75, 3.05) is 0 Å². The van der Waals surface area contributed by atoms with Crippen molar-refractivity contribution in [1.82, 2.24) is 20.0 Å². The molecule has 0 aliphatic carbocycles. The number of benzene rings is 2. The summed E-state index contributed by atoms with van der Waals surface area (Å²) in [5.41, 5.74) is 4.71. The van der Waals surface area contributed by atoms with Gasteiger partial charge >= 0.3 is 0 Å². The van der Waals surface area contributed by atoms with Crippen LogP contribution in [0.5, 0.6) is 0 Å². The van der Waals surface area contributed by atoms with E-state index in [1.807, 2.05) is 18.2 Å². The first-order valence-corrected chi connectivity index (χ1v) is 10.5. The van der Waals surface area contributed by atoms with E-state index in [2.05, 4.69) is 51.3 Å². The molecule has 0 aliphatic heterocycles. The van der Waals surface area contributed by atoms with E-state index in [9.17, 15) is 9.18 Å². The summed E-state index contributed by atoms with van der Waals surface area (Å²) in [6.45, 7) is 4.69. The van der Waals surface area contributed by atoms with Crippen LogP contribution in [0.2, 0.25) is 0 Å². The SMILES string of the molecule is Cc1ccc(CNC(=O)Cn2cccc2-c2nc(-c3ccc(F)c(Br)c3)no2)cc1C. The molecule has 2 heterocycles. The highest BCUT2D eigenvalue weighted by atomic mass is 79.9. The Morgan fingerprint density at radius 3 is 2.77 bits per heavy atom. The molecule has 0 spiro atoms. The van der Waals surface area contributed by atoms with E-state index >= 15 is 0 Å². The maximum atomic E-state index is 13.5. The molecule has 2 aromatic carbocycles. The Bertz CT molecular complexity index is 1250. The van der Waals surface area contributed by atoms with Gasteiger partial charge in [-0.3, -0.25) is 4.79 Å². The fourth-order valence-corrected chi connectivity index (χ4v) is 3.53. The van der Waals surface area contributed by atoms with Gasteiger partial charge in [-0.25, -0.2) is 4.39 Å². The highest BCUT2D eigenvalue weighted by molar-refractivity contribution is 9.10. The highest BCUT2D eigenvalue weighted by Crippen LogP contribution is 2.26. The Morgan fingerprint density at radius 1 is 1.16 bits per heavy atom. The molecule has 0 bridgehead atoms. The van der Waals surface area contributed by atoms with Crippen LogP contribution >= 0.6 is 15.9 Å². The number of carbonyl (C=O) groups excluding carboxylic acids is 1. The molecule has 4 rings (SSSR count). The van der Waals surface area contributed by atoms with E-state index in [1.54, 1.807) is 29.0 Å². The van der Waals surface area contributed by atoms with Gasteiger partial charge < -0.3 is 14.4 Å². The first-order valence-electron chi connectivity index (χ1n) is 9.68. The van der Waals surface area contributed by atoms with Crippen LogP contribution in [0.25, 0.3) is 23.0 Å². The standard InChI is InChI=1S/C23H20BrFN4O2/c1-14-5-6-16(10-15(14)2)12-26-21(30)13-29-9-3-4-20(29)23-27-22(28-31-23)17-7-8-19(25)18(24)11-17/h3-11H,12-13H2,1-2H3,(H,26,30). The minimum absolute atomic E-state index is 0.118. The van der Waals surface area contributed by atoms with Crippen LogP contribution in [-0.4, -0.2) is 20.6 Å². The number of aromatic nitrogens is 3. The molecule has 8 heteroatoms. The Labute approximate surface area is 187 Å². The Hall–Kier alpha value is -3.26. The van der Waals surface area contributed by atoms with Gasteiger partial charge in [-0.2, -0.15) is 4.98 Å². The third-order valence-electron chi connectivity index (χ3n) is 5.03. The van der Waals surface area contributed by atoms with Crippen molar-refractivity contribution in [2.24, 2.45) is 0 Å². The van der Waals surface area contributed by atoms with Gasteiger partial charge in [0.2, 0.25) is 11.7 Å². The van der Waals surface area contributed by atoms with Crippen LogP contribution in [-0.2, 0) is 17.9 Å². The van der Waals surface area contributed by atoms with E-state index in [4.69, 9.17) is 4.52 Å². The predicted octanol–water partition coefficient (Wildman–Crippen LogP) is 5.04. The molecule has 0 saturated carbocycles. The summed E-state index contributed by atoms with van der Waals surface area (Å²) < 4.78 is 20.9. The highest BCUT2D eigenvalue weighted by Gasteiger charge is 2.16. The van der Waals surface area contributed by atoms with E-state index in [1.165, 1.54) is 17.2 Å². The Kier molecular flexibility index (Phi) is 5.99. The summed E-state index contributed by atoms with van der Waals surface area (Å²) in [6.07, 6.45) is 1.78. The number of rotatable bonds is 6. The zero-order chi connectivity index (χ0) is 22.0. The molecule has 2 aromatic heterocycles. The summed E-state index contributed by atoms with van der Waals surface area (Å²) >= 11 is 3.16. The van der Waals surface area contributed by atoms with Gasteiger partial charge in [0.15, 0.2) is 0 Å². The van der Waals surface area contributed by atoms with E-state index in [0.717, 1.165) is 5.56 Å². The lowest BCUT2D eigenvalue weighted by Gasteiger charge is -2.09. The lowest BCUT2D eigenvalue weighted by atomic mass is 10.1. The number of nitrogens with zero attached hydrogens (tertiary/aromatic N) is 3. The van der Waals surface area contributed by atoms with Crippen LogP contribution in [0.15, 0.2) is 63.7 Å². The number of nitrogens with one attached hydrogen (secondary N) is 1. The topological polar surface area (TPSA) is 73.0 Å².